The minimum Gasteiger partial charge on any atom is -0.378 e. The van der Waals surface area contributed by atoms with Gasteiger partial charge in [0.15, 0.2) is 0 Å². The molecule has 18 heavy (non-hydrogen) atoms. The number of carbonyl (C=O) groups is 1. The highest BCUT2D eigenvalue weighted by Gasteiger charge is 2.18. The van der Waals surface area contributed by atoms with Crippen molar-refractivity contribution in [1.82, 2.24) is 4.90 Å². The maximum absolute atomic E-state index is 11.3. The van der Waals surface area contributed by atoms with E-state index in [2.05, 4.69) is 34.1 Å². The van der Waals surface area contributed by atoms with Gasteiger partial charge in [0.25, 0.3) is 0 Å². The summed E-state index contributed by atoms with van der Waals surface area (Å²) >= 11 is 0. The lowest BCUT2D eigenvalue weighted by Gasteiger charge is -2.35. The van der Waals surface area contributed by atoms with E-state index in [1.807, 2.05) is 19.0 Å². The lowest BCUT2D eigenvalue weighted by molar-refractivity contribution is -0.129. The van der Waals surface area contributed by atoms with Gasteiger partial charge in [-0.15, -0.1) is 0 Å². The molecule has 1 aromatic rings. The van der Waals surface area contributed by atoms with E-state index < -0.39 is 0 Å². The largest absolute Gasteiger partial charge is 0.378 e. The highest BCUT2D eigenvalue weighted by molar-refractivity contribution is 5.73. The van der Waals surface area contributed by atoms with E-state index in [1.165, 1.54) is 11.4 Å². The molecular formula is C14H21N3O. The topological polar surface area (TPSA) is 26.8 Å². The van der Waals surface area contributed by atoms with Gasteiger partial charge in [-0.3, -0.25) is 4.79 Å². The zero-order chi connectivity index (χ0) is 13.1. The van der Waals surface area contributed by atoms with E-state index in [0.717, 1.165) is 26.2 Å². The van der Waals surface area contributed by atoms with Crippen molar-refractivity contribution < 1.29 is 4.79 Å². The molecule has 0 unspecified atom stereocenters. The fraction of sp³-hybridized carbons (Fsp3) is 0.500. The third-order valence-electron chi connectivity index (χ3n) is 3.46. The number of piperazine rings is 1. The molecule has 0 aromatic heterocycles. The molecule has 0 saturated carbocycles. The number of rotatable bonds is 2. The summed E-state index contributed by atoms with van der Waals surface area (Å²) in [6, 6.07) is 8.57. The Bertz CT molecular complexity index is 406. The zero-order valence-corrected chi connectivity index (χ0v) is 11.4. The predicted octanol–water partition coefficient (Wildman–Crippen LogP) is 1.42. The molecule has 0 radical (unpaired) electrons. The molecule has 0 spiro atoms. The van der Waals surface area contributed by atoms with Crippen LogP contribution in [0.5, 0.6) is 0 Å². The third-order valence-corrected chi connectivity index (χ3v) is 3.46. The summed E-state index contributed by atoms with van der Waals surface area (Å²) in [5.74, 6) is 0.178. The van der Waals surface area contributed by atoms with Crippen LogP contribution in [0.1, 0.15) is 6.92 Å². The molecule has 1 fully saturated rings. The van der Waals surface area contributed by atoms with Gasteiger partial charge in [0.05, 0.1) is 0 Å². The van der Waals surface area contributed by atoms with Crippen LogP contribution in [0.3, 0.4) is 0 Å². The van der Waals surface area contributed by atoms with E-state index in [4.69, 9.17) is 0 Å². The van der Waals surface area contributed by atoms with Crippen molar-refractivity contribution in [1.29, 1.82) is 0 Å². The number of amides is 1. The van der Waals surface area contributed by atoms with Gasteiger partial charge < -0.3 is 14.7 Å². The van der Waals surface area contributed by atoms with Gasteiger partial charge in [-0.25, -0.2) is 0 Å². The third kappa shape index (κ3) is 2.75. The molecule has 0 N–H and O–H groups in total. The number of hydrogen-bond donors (Lipinski definition) is 0. The molecule has 0 aliphatic carbocycles. The Morgan fingerprint density at radius 3 is 2.06 bits per heavy atom. The molecule has 1 saturated heterocycles. The average molecular weight is 247 g/mol. The maximum atomic E-state index is 11.3. The first-order valence-electron chi connectivity index (χ1n) is 6.36. The Kier molecular flexibility index (Phi) is 3.75. The average Bonchev–Trinajstić information content (AvgIpc) is 2.39. The summed E-state index contributed by atoms with van der Waals surface area (Å²) in [5, 5.41) is 0. The number of anilines is 2. The Labute approximate surface area is 109 Å². The lowest BCUT2D eigenvalue weighted by atomic mass is 10.2. The van der Waals surface area contributed by atoms with Crippen LogP contribution in [0, 0.1) is 0 Å². The minimum absolute atomic E-state index is 0.178. The van der Waals surface area contributed by atoms with Crippen LogP contribution in [0.4, 0.5) is 11.4 Å². The first-order valence-corrected chi connectivity index (χ1v) is 6.36. The second kappa shape index (κ2) is 5.29. The lowest BCUT2D eigenvalue weighted by Crippen LogP contribution is -2.48. The molecule has 0 bridgehead atoms. The Morgan fingerprint density at radius 2 is 1.61 bits per heavy atom. The molecule has 4 heteroatoms. The highest BCUT2D eigenvalue weighted by atomic mass is 16.2. The van der Waals surface area contributed by atoms with Gasteiger partial charge >= 0.3 is 0 Å². The van der Waals surface area contributed by atoms with Gasteiger partial charge in [0, 0.05) is 58.6 Å². The summed E-state index contributed by atoms with van der Waals surface area (Å²) in [7, 11) is 4.08. The van der Waals surface area contributed by atoms with Gasteiger partial charge in [-0.05, 0) is 24.3 Å². The summed E-state index contributed by atoms with van der Waals surface area (Å²) in [6.45, 7) is 5.12. The van der Waals surface area contributed by atoms with E-state index in [9.17, 15) is 4.79 Å². The summed E-state index contributed by atoms with van der Waals surface area (Å²) in [4.78, 5) is 17.6. The fourth-order valence-corrected chi connectivity index (χ4v) is 2.24. The molecule has 1 aliphatic heterocycles. The van der Waals surface area contributed by atoms with Gasteiger partial charge in [0.1, 0.15) is 0 Å². The first-order chi connectivity index (χ1) is 8.58. The highest BCUT2D eigenvalue weighted by Crippen LogP contribution is 2.20. The maximum Gasteiger partial charge on any atom is 0.219 e. The van der Waals surface area contributed by atoms with E-state index >= 15 is 0 Å². The molecular weight excluding hydrogens is 226 g/mol. The number of hydrogen-bond acceptors (Lipinski definition) is 3. The van der Waals surface area contributed by atoms with E-state index in [-0.39, 0.29) is 5.91 Å². The molecule has 2 rings (SSSR count). The smallest absolute Gasteiger partial charge is 0.219 e. The molecule has 1 heterocycles. The van der Waals surface area contributed by atoms with Crippen molar-refractivity contribution in [2.75, 3.05) is 50.1 Å². The summed E-state index contributed by atoms with van der Waals surface area (Å²) in [6.07, 6.45) is 0. The fourth-order valence-electron chi connectivity index (χ4n) is 2.24. The van der Waals surface area contributed by atoms with Crippen LogP contribution in [-0.4, -0.2) is 51.1 Å². The van der Waals surface area contributed by atoms with Crippen LogP contribution < -0.4 is 9.80 Å². The van der Waals surface area contributed by atoms with E-state index in [0.29, 0.717) is 0 Å². The zero-order valence-electron chi connectivity index (χ0n) is 11.4. The quantitative estimate of drug-likeness (QED) is 0.791. The van der Waals surface area contributed by atoms with Crippen LogP contribution in [-0.2, 0) is 4.79 Å². The SMILES string of the molecule is CC(=O)N1CCN(c2ccc(N(C)C)cc2)CC1. The Morgan fingerprint density at radius 1 is 1.06 bits per heavy atom. The van der Waals surface area contributed by atoms with Crippen LogP contribution in [0.25, 0.3) is 0 Å². The van der Waals surface area contributed by atoms with Crippen LogP contribution in [0.15, 0.2) is 24.3 Å². The van der Waals surface area contributed by atoms with Crippen molar-refractivity contribution in [3.63, 3.8) is 0 Å². The normalized spacial score (nSPS) is 15.7. The van der Waals surface area contributed by atoms with Crippen LogP contribution >= 0.6 is 0 Å². The first kappa shape index (κ1) is 12.7. The van der Waals surface area contributed by atoms with Crippen molar-refractivity contribution >= 4 is 17.3 Å². The number of carbonyl (C=O) groups excluding carboxylic acids is 1. The standard InChI is InChI=1S/C14H21N3O/c1-12(18)16-8-10-17(11-9-16)14-6-4-13(5-7-14)15(2)3/h4-7H,8-11H2,1-3H3. The van der Waals surface area contributed by atoms with Crippen molar-refractivity contribution in [3.05, 3.63) is 24.3 Å². The van der Waals surface area contributed by atoms with Crippen molar-refractivity contribution in [3.8, 4) is 0 Å². The molecule has 0 atom stereocenters. The van der Waals surface area contributed by atoms with Crippen LogP contribution in [0.2, 0.25) is 0 Å². The predicted molar refractivity (Wildman–Crippen MR) is 75.2 cm³/mol. The van der Waals surface area contributed by atoms with Crippen molar-refractivity contribution in [2.45, 2.75) is 6.92 Å². The van der Waals surface area contributed by atoms with Gasteiger partial charge in [-0.2, -0.15) is 0 Å². The molecule has 1 aliphatic rings. The Hall–Kier alpha value is -1.71. The second-order valence-corrected chi connectivity index (χ2v) is 4.90. The van der Waals surface area contributed by atoms with E-state index in [1.54, 1.807) is 6.92 Å². The number of benzene rings is 1. The molecule has 98 valence electrons. The summed E-state index contributed by atoms with van der Waals surface area (Å²) in [5.41, 5.74) is 2.45. The van der Waals surface area contributed by atoms with Gasteiger partial charge in [0.2, 0.25) is 5.91 Å². The molecule has 4 nitrogen and oxygen atoms in total. The summed E-state index contributed by atoms with van der Waals surface area (Å²) < 4.78 is 0. The molecule has 1 aromatic carbocycles. The van der Waals surface area contributed by atoms with Gasteiger partial charge in [-0.1, -0.05) is 0 Å². The minimum atomic E-state index is 0.178. The monoisotopic (exact) mass is 247 g/mol. The molecule has 1 amide bonds. The van der Waals surface area contributed by atoms with Crippen molar-refractivity contribution in [2.24, 2.45) is 0 Å². The Balaban J connectivity index is 1.99. The second-order valence-electron chi connectivity index (χ2n) is 4.90. The number of nitrogens with zero attached hydrogens (tertiary/aromatic N) is 3.